The lowest BCUT2D eigenvalue weighted by molar-refractivity contribution is -0.0240. The van der Waals surface area contributed by atoms with Gasteiger partial charge >= 0.3 is 12.2 Å². The Morgan fingerprint density at radius 3 is 2.00 bits per heavy atom. The average molecular weight is 669 g/mol. The van der Waals surface area contributed by atoms with Gasteiger partial charge in [0.25, 0.3) is 5.91 Å². The maximum atomic E-state index is 13.8. The van der Waals surface area contributed by atoms with Gasteiger partial charge in [-0.1, -0.05) is 78.9 Å². The second kappa shape index (κ2) is 17.7. The largest absolute Gasteiger partial charge is 0.444 e. The normalized spacial score (nSPS) is 16.4. The molecule has 1 saturated heterocycles. The Labute approximate surface area is 284 Å². The van der Waals surface area contributed by atoms with Crippen LogP contribution >= 0.6 is 0 Å². The van der Waals surface area contributed by atoms with Crippen molar-refractivity contribution in [1.29, 1.82) is 0 Å². The molecule has 1 aliphatic heterocycles. The van der Waals surface area contributed by atoms with Gasteiger partial charge in [-0.3, -0.25) is 15.1 Å². The van der Waals surface area contributed by atoms with Gasteiger partial charge in [0.1, 0.15) is 24.9 Å². The van der Waals surface area contributed by atoms with Crippen molar-refractivity contribution in [3.05, 3.63) is 132 Å². The number of rotatable bonds is 14. The molecule has 0 bridgehead atoms. The Balaban J connectivity index is 1.33. The van der Waals surface area contributed by atoms with Gasteiger partial charge in [-0.2, -0.15) is 0 Å². The molecule has 12 heteroatoms. The topological polar surface area (TPSA) is 168 Å². The van der Waals surface area contributed by atoms with Crippen LogP contribution in [0, 0.1) is 0 Å². The zero-order valence-corrected chi connectivity index (χ0v) is 26.8. The molecule has 5 atom stereocenters. The van der Waals surface area contributed by atoms with E-state index in [1.807, 2.05) is 60.7 Å². The van der Waals surface area contributed by atoms with Gasteiger partial charge in [0.05, 0.1) is 42.2 Å². The predicted octanol–water partition coefficient (Wildman–Crippen LogP) is 4.02. The minimum absolute atomic E-state index is 0.0651. The quantitative estimate of drug-likeness (QED) is 0.133. The van der Waals surface area contributed by atoms with E-state index in [9.17, 15) is 24.6 Å². The molecule has 12 nitrogen and oxygen atoms in total. The maximum Gasteiger partial charge on any atom is 0.412 e. The molecule has 3 aromatic carbocycles. The highest BCUT2D eigenvalue weighted by atomic mass is 16.6. The SMILES string of the molecule is O=C(Nc1ccccc1C(=O)N[C@@H](Cc1ccccc1)[C@H](O)[C@H](O)[C@H](Cc1ccccc1)NC(=O)O[C@@H]1CCOC1)OCc1ccccn1. The minimum atomic E-state index is -1.54. The summed E-state index contributed by atoms with van der Waals surface area (Å²) in [5, 5.41) is 31.5. The van der Waals surface area contributed by atoms with E-state index in [1.165, 1.54) is 6.07 Å². The number of para-hydroxylation sites is 1. The molecule has 4 aromatic rings. The molecule has 0 spiro atoms. The number of aliphatic hydroxyl groups is 2. The molecule has 0 radical (unpaired) electrons. The summed E-state index contributed by atoms with van der Waals surface area (Å²) in [4.78, 5) is 43.4. The summed E-state index contributed by atoms with van der Waals surface area (Å²) in [6, 6.07) is 28.0. The molecule has 1 aliphatic rings. The van der Waals surface area contributed by atoms with E-state index in [0.717, 1.165) is 11.1 Å². The van der Waals surface area contributed by atoms with Crippen molar-refractivity contribution in [2.75, 3.05) is 18.5 Å². The van der Waals surface area contributed by atoms with Crippen LogP contribution in [-0.4, -0.2) is 76.9 Å². The highest BCUT2D eigenvalue weighted by Gasteiger charge is 2.35. The Morgan fingerprint density at radius 2 is 1.39 bits per heavy atom. The molecule has 0 saturated carbocycles. The second-order valence-electron chi connectivity index (χ2n) is 11.7. The van der Waals surface area contributed by atoms with E-state index < -0.39 is 48.5 Å². The fourth-order valence-corrected chi connectivity index (χ4v) is 5.47. The second-order valence-corrected chi connectivity index (χ2v) is 11.7. The molecule has 0 aliphatic carbocycles. The van der Waals surface area contributed by atoms with Crippen LogP contribution in [0.1, 0.15) is 33.6 Å². The van der Waals surface area contributed by atoms with Crippen molar-refractivity contribution < 1.29 is 38.8 Å². The predicted molar refractivity (Wildman–Crippen MR) is 181 cm³/mol. The fourth-order valence-electron chi connectivity index (χ4n) is 5.47. The van der Waals surface area contributed by atoms with Crippen LogP contribution in [0.5, 0.6) is 0 Å². The standard InChI is InChI=1S/C37H40N4O8/c42-33(34(43)32(22-26-13-5-2-6-14-26)41-37(46)49-28-18-20-47-24-28)31(21-25-11-3-1-4-12-25)39-35(44)29-16-7-8-17-30(29)40-36(45)48-23-27-15-9-10-19-38-27/h1-17,19,28,31-34,42-43H,18,20-24H2,(H,39,44)(H,40,45)(H,41,46)/t28-,31+,32+,33+,34-/m1/s1. The summed E-state index contributed by atoms with van der Waals surface area (Å²) in [7, 11) is 0. The number of carbonyl (C=O) groups excluding carboxylic acids is 3. The van der Waals surface area contributed by atoms with E-state index in [4.69, 9.17) is 14.2 Å². The zero-order chi connectivity index (χ0) is 34.4. The van der Waals surface area contributed by atoms with Gasteiger partial charge in [0.15, 0.2) is 0 Å². The van der Waals surface area contributed by atoms with Crippen molar-refractivity contribution in [1.82, 2.24) is 15.6 Å². The highest BCUT2D eigenvalue weighted by Crippen LogP contribution is 2.19. The lowest BCUT2D eigenvalue weighted by Crippen LogP contribution is -2.57. The summed E-state index contributed by atoms with van der Waals surface area (Å²) in [5.41, 5.74) is 2.44. The molecule has 49 heavy (non-hydrogen) atoms. The number of nitrogens with zero attached hydrogens (tertiary/aromatic N) is 1. The number of anilines is 1. The first-order valence-corrected chi connectivity index (χ1v) is 16.1. The van der Waals surface area contributed by atoms with Crippen molar-refractivity contribution in [3.8, 4) is 0 Å². The number of alkyl carbamates (subject to hydrolysis) is 1. The van der Waals surface area contributed by atoms with E-state index in [0.29, 0.717) is 18.7 Å². The number of pyridine rings is 1. The van der Waals surface area contributed by atoms with Crippen molar-refractivity contribution >= 4 is 23.8 Å². The number of aliphatic hydroxyl groups excluding tert-OH is 2. The Bertz CT molecular complexity index is 1640. The van der Waals surface area contributed by atoms with Gasteiger partial charge in [-0.05, 0) is 48.2 Å². The van der Waals surface area contributed by atoms with Gasteiger partial charge in [-0.15, -0.1) is 0 Å². The molecule has 5 N–H and O–H groups in total. The number of benzene rings is 3. The maximum absolute atomic E-state index is 13.8. The van der Waals surface area contributed by atoms with Crippen molar-refractivity contribution in [3.63, 3.8) is 0 Å². The van der Waals surface area contributed by atoms with Crippen LogP contribution in [0.3, 0.4) is 0 Å². The average Bonchev–Trinajstić information content (AvgIpc) is 3.64. The first-order valence-electron chi connectivity index (χ1n) is 16.1. The van der Waals surface area contributed by atoms with Crippen molar-refractivity contribution in [2.24, 2.45) is 0 Å². The Morgan fingerprint density at radius 1 is 0.776 bits per heavy atom. The minimum Gasteiger partial charge on any atom is -0.444 e. The van der Waals surface area contributed by atoms with Gasteiger partial charge in [0.2, 0.25) is 0 Å². The molecule has 256 valence electrons. The number of hydrogen-bond donors (Lipinski definition) is 5. The number of nitrogens with one attached hydrogen (secondary N) is 3. The summed E-state index contributed by atoms with van der Waals surface area (Å²) < 4.78 is 16.1. The number of aromatic nitrogens is 1. The highest BCUT2D eigenvalue weighted by molar-refractivity contribution is 6.02. The number of ether oxygens (including phenoxy) is 3. The Hall–Kier alpha value is -5.30. The summed E-state index contributed by atoms with van der Waals surface area (Å²) in [6.07, 6.45) is -2.55. The third kappa shape index (κ3) is 10.6. The fraction of sp³-hybridized carbons (Fsp3) is 0.297. The van der Waals surface area contributed by atoms with Gasteiger partial charge < -0.3 is 35.1 Å². The van der Waals surface area contributed by atoms with Crippen LogP contribution in [0.2, 0.25) is 0 Å². The molecule has 2 heterocycles. The third-order valence-electron chi connectivity index (χ3n) is 8.04. The van der Waals surface area contributed by atoms with E-state index in [2.05, 4.69) is 20.9 Å². The molecule has 5 rings (SSSR count). The molecule has 3 amide bonds. The number of carbonyl (C=O) groups is 3. The monoisotopic (exact) mass is 668 g/mol. The van der Waals surface area contributed by atoms with Crippen LogP contribution < -0.4 is 16.0 Å². The van der Waals surface area contributed by atoms with Crippen LogP contribution in [0.4, 0.5) is 15.3 Å². The van der Waals surface area contributed by atoms with Gasteiger partial charge in [0, 0.05) is 12.6 Å². The number of amides is 3. The Kier molecular flexibility index (Phi) is 12.7. The van der Waals surface area contributed by atoms with Crippen LogP contribution in [-0.2, 0) is 33.7 Å². The van der Waals surface area contributed by atoms with Crippen molar-refractivity contribution in [2.45, 2.75) is 56.3 Å². The molecular weight excluding hydrogens is 628 g/mol. The summed E-state index contributed by atoms with van der Waals surface area (Å²) in [5.74, 6) is -0.610. The first-order chi connectivity index (χ1) is 23.9. The van der Waals surface area contributed by atoms with E-state index >= 15 is 0 Å². The van der Waals surface area contributed by atoms with Crippen LogP contribution in [0.15, 0.2) is 109 Å². The molecular formula is C37H40N4O8. The molecule has 1 aromatic heterocycles. The molecule has 0 unspecified atom stereocenters. The lowest BCUT2D eigenvalue weighted by atomic mass is 9.91. The van der Waals surface area contributed by atoms with E-state index in [1.54, 1.807) is 42.6 Å². The van der Waals surface area contributed by atoms with Crippen LogP contribution in [0.25, 0.3) is 0 Å². The zero-order valence-electron chi connectivity index (χ0n) is 26.8. The smallest absolute Gasteiger partial charge is 0.412 e. The lowest BCUT2D eigenvalue weighted by Gasteiger charge is -2.33. The number of hydrogen-bond acceptors (Lipinski definition) is 9. The summed E-state index contributed by atoms with van der Waals surface area (Å²) >= 11 is 0. The third-order valence-corrected chi connectivity index (χ3v) is 8.04. The molecule has 1 fully saturated rings. The summed E-state index contributed by atoms with van der Waals surface area (Å²) in [6.45, 7) is 0.703. The first kappa shape index (κ1) is 35.0. The van der Waals surface area contributed by atoms with E-state index in [-0.39, 0.29) is 37.3 Å². The van der Waals surface area contributed by atoms with Gasteiger partial charge in [-0.25, -0.2) is 9.59 Å².